The highest BCUT2D eigenvalue weighted by atomic mass is 16.5. The van der Waals surface area contributed by atoms with E-state index in [-0.39, 0.29) is 0 Å². The zero-order chi connectivity index (χ0) is 11.7. The highest BCUT2D eigenvalue weighted by Gasteiger charge is 2.06. The van der Waals surface area contributed by atoms with Crippen molar-refractivity contribution in [3.8, 4) is 22.7 Å². The van der Waals surface area contributed by atoms with Gasteiger partial charge in [0.15, 0.2) is 0 Å². The van der Waals surface area contributed by atoms with E-state index in [1.54, 1.807) is 13.2 Å². The van der Waals surface area contributed by atoms with Crippen LogP contribution in [-0.2, 0) is 0 Å². The Hall–Kier alpha value is -2.36. The smallest absolute Gasteiger partial charge is 0.223 e. The van der Waals surface area contributed by atoms with Crippen LogP contribution in [0.2, 0.25) is 0 Å². The van der Waals surface area contributed by atoms with Crippen LogP contribution in [0.5, 0.6) is 0 Å². The van der Waals surface area contributed by atoms with E-state index in [0.29, 0.717) is 11.7 Å². The molecule has 0 N–H and O–H groups in total. The van der Waals surface area contributed by atoms with E-state index in [0.717, 1.165) is 16.9 Å². The molecule has 0 amide bonds. The van der Waals surface area contributed by atoms with E-state index < -0.39 is 0 Å². The quantitative estimate of drug-likeness (QED) is 0.672. The van der Waals surface area contributed by atoms with Crippen LogP contribution in [0.25, 0.3) is 22.7 Å². The first-order valence-corrected chi connectivity index (χ1v) is 5.27. The molecule has 3 rings (SSSR count). The Labute approximate surface area is 97.9 Å². The third-order valence-corrected chi connectivity index (χ3v) is 2.48. The molecule has 3 aromatic rings. The SMILES string of the molecule is Cc1nc(-c2ccc(-c3ccco3)cc2)no1. The van der Waals surface area contributed by atoms with Crippen LogP contribution in [0, 0.1) is 6.92 Å². The molecule has 4 heteroatoms. The molecule has 0 spiro atoms. The Morgan fingerprint density at radius 2 is 1.76 bits per heavy atom. The van der Waals surface area contributed by atoms with Gasteiger partial charge in [-0.3, -0.25) is 0 Å². The fraction of sp³-hybridized carbons (Fsp3) is 0.0769. The molecule has 4 nitrogen and oxygen atoms in total. The second-order valence-corrected chi connectivity index (χ2v) is 3.69. The molecule has 0 radical (unpaired) electrons. The van der Waals surface area contributed by atoms with Crippen molar-refractivity contribution in [3.05, 3.63) is 48.6 Å². The minimum Gasteiger partial charge on any atom is -0.464 e. The summed E-state index contributed by atoms with van der Waals surface area (Å²) in [5.41, 5.74) is 1.95. The number of furan rings is 1. The van der Waals surface area contributed by atoms with Crippen LogP contribution in [-0.4, -0.2) is 10.1 Å². The Morgan fingerprint density at radius 3 is 2.35 bits per heavy atom. The van der Waals surface area contributed by atoms with Crippen LogP contribution in [0.4, 0.5) is 0 Å². The van der Waals surface area contributed by atoms with Crippen molar-refractivity contribution in [2.45, 2.75) is 6.92 Å². The van der Waals surface area contributed by atoms with E-state index in [4.69, 9.17) is 8.94 Å². The molecule has 0 aliphatic heterocycles. The summed E-state index contributed by atoms with van der Waals surface area (Å²) in [6.07, 6.45) is 1.66. The molecule has 0 bridgehead atoms. The summed E-state index contributed by atoms with van der Waals surface area (Å²) in [7, 11) is 0. The van der Waals surface area contributed by atoms with E-state index >= 15 is 0 Å². The molecule has 17 heavy (non-hydrogen) atoms. The lowest BCUT2D eigenvalue weighted by molar-refractivity contribution is 0.394. The van der Waals surface area contributed by atoms with Gasteiger partial charge in [0.25, 0.3) is 0 Å². The maximum absolute atomic E-state index is 5.32. The first kappa shape index (κ1) is 9.84. The molecule has 2 heterocycles. The molecule has 0 fully saturated rings. The molecule has 0 unspecified atom stereocenters. The van der Waals surface area contributed by atoms with E-state index in [2.05, 4.69) is 10.1 Å². The maximum atomic E-state index is 5.32. The highest BCUT2D eigenvalue weighted by Crippen LogP contribution is 2.23. The third-order valence-electron chi connectivity index (χ3n) is 2.48. The van der Waals surface area contributed by atoms with Crippen molar-refractivity contribution >= 4 is 0 Å². The lowest BCUT2D eigenvalue weighted by Crippen LogP contribution is -1.81. The molecule has 0 saturated heterocycles. The number of benzene rings is 1. The fourth-order valence-corrected chi connectivity index (χ4v) is 1.64. The largest absolute Gasteiger partial charge is 0.464 e. The summed E-state index contributed by atoms with van der Waals surface area (Å²) >= 11 is 0. The van der Waals surface area contributed by atoms with Crippen molar-refractivity contribution in [3.63, 3.8) is 0 Å². The summed E-state index contributed by atoms with van der Waals surface area (Å²) in [6.45, 7) is 1.77. The van der Waals surface area contributed by atoms with Gasteiger partial charge in [-0.25, -0.2) is 0 Å². The molecule has 0 aliphatic carbocycles. The normalized spacial score (nSPS) is 10.6. The second-order valence-electron chi connectivity index (χ2n) is 3.69. The van der Waals surface area contributed by atoms with Gasteiger partial charge in [0.2, 0.25) is 11.7 Å². The average Bonchev–Trinajstić information content (AvgIpc) is 3.00. The number of rotatable bonds is 2. The molecule has 84 valence electrons. The Bertz CT molecular complexity index is 609. The van der Waals surface area contributed by atoms with Gasteiger partial charge < -0.3 is 8.94 Å². The zero-order valence-corrected chi connectivity index (χ0v) is 9.25. The maximum Gasteiger partial charge on any atom is 0.223 e. The van der Waals surface area contributed by atoms with E-state index in [9.17, 15) is 0 Å². The van der Waals surface area contributed by atoms with Gasteiger partial charge in [-0.2, -0.15) is 4.98 Å². The number of aromatic nitrogens is 2. The van der Waals surface area contributed by atoms with Crippen LogP contribution < -0.4 is 0 Å². The first-order valence-electron chi connectivity index (χ1n) is 5.27. The third kappa shape index (κ3) is 1.85. The Balaban J connectivity index is 1.95. The Morgan fingerprint density at radius 1 is 1.00 bits per heavy atom. The molecule has 1 aromatic carbocycles. The van der Waals surface area contributed by atoms with E-state index in [1.165, 1.54) is 0 Å². The summed E-state index contributed by atoms with van der Waals surface area (Å²) in [6, 6.07) is 11.6. The van der Waals surface area contributed by atoms with Crippen molar-refractivity contribution < 1.29 is 8.94 Å². The monoisotopic (exact) mass is 226 g/mol. The number of hydrogen-bond donors (Lipinski definition) is 0. The number of hydrogen-bond acceptors (Lipinski definition) is 4. The van der Waals surface area contributed by atoms with Crippen molar-refractivity contribution in [2.24, 2.45) is 0 Å². The van der Waals surface area contributed by atoms with E-state index in [1.807, 2.05) is 36.4 Å². The summed E-state index contributed by atoms with van der Waals surface area (Å²) in [4.78, 5) is 4.17. The second kappa shape index (κ2) is 3.90. The molecule has 0 atom stereocenters. The minimum absolute atomic E-state index is 0.565. The first-order chi connectivity index (χ1) is 8.33. The van der Waals surface area contributed by atoms with Crippen molar-refractivity contribution in [1.29, 1.82) is 0 Å². The number of nitrogens with zero attached hydrogens (tertiary/aromatic N) is 2. The van der Waals surface area contributed by atoms with Gasteiger partial charge in [0, 0.05) is 18.1 Å². The minimum atomic E-state index is 0.565. The molecular weight excluding hydrogens is 216 g/mol. The zero-order valence-electron chi connectivity index (χ0n) is 9.25. The van der Waals surface area contributed by atoms with Gasteiger partial charge in [-0.05, 0) is 12.1 Å². The molecule has 2 aromatic heterocycles. The van der Waals surface area contributed by atoms with Crippen LogP contribution in [0.3, 0.4) is 0 Å². The summed E-state index contributed by atoms with van der Waals surface area (Å²) in [5, 5.41) is 3.87. The van der Waals surface area contributed by atoms with Crippen molar-refractivity contribution in [2.75, 3.05) is 0 Å². The van der Waals surface area contributed by atoms with Crippen LogP contribution >= 0.6 is 0 Å². The topological polar surface area (TPSA) is 52.1 Å². The average molecular weight is 226 g/mol. The lowest BCUT2D eigenvalue weighted by Gasteiger charge is -1.98. The van der Waals surface area contributed by atoms with Gasteiger partial charge in [-0.1, -0.05) is 29.4 Å². The van der Waals surface area contributed by atoms with Crippen LogP contribution in [0.15, 0.2) is 51.6 Å². The predicted octanol–water partition coefficient (Wildman–Crippen LogP) is 3.31. The molecular formula is C13H10N2O2. The lowest BCUT2D eigenvalue weighted by atomic mass is 10.1. The standard InChI is InChI=1S/C13H10N2O2/c1-9-14-13(15-17-9)11-6-4-10(5-7-11)12-3-2-8-16-12/h2-8H,1H3. The summed E-state index contributed by atoms with van der Waals surface area (Å²) < 4.78 is 10.3. The van der Waals surface area contributed by atoms with Crippen molar-refractivity contribution in [1.82, 2.24) is 10.1 Å². The fourth-order valence-electron chi connectivity index (χ4n) is 1.64. The van der Waals surface area contributed by atoms with Gasteiger partial charge in [-0.15, -0.1) is 0 Å². The highest BCUT2D eigenvalue weighted by molar-refractivity contribution is 5.63. The van der Waals surface area contributed by atoms with Gasteiger partial charge in [0.1, 0.15) is 5.76 Å². The van der Waals surface area contributed by atoms with Crippen LogP contribution in [0.1, 0.15) is 5.89 Å². The van der Waals surface area contributed by atoms with Gasteiger partial charge >= 0.3 is 0 Å². The number of aryl methyl sites for hydroxylation is 1. The molecule has 0 aliphatic rings. The van der Waals surface area contributed by atoms with Gasteiger partial charge in [0.05, 0.1) is 6.26 Å². The predicted molar refractivity (Wildman–Crippen MR) is 62.2 cm³/mol. The summed E-state index contributed by atoms with van der Waals surface area (Å²) in [5.74, 6) is 2.02. The Kier molecular flexibility index (Phi) is 2.26. The molecule has 0 saturated carbocycles.